The number of thiophene rings is 1. The summed E-state index contributed by atoms with van der Waals surface area (Å²) in [4.78, 5) is 1.02. The summed E-state index contributed by atoms with van der Waals surface area (Å²) in [6.45, 7) is 4.06. The number of halogens is 1. The highest BCUT2D eigenvalue weighted by Crippen LogP contribution is 2.33. The molecule has 1 aromatic heterocycles. The third-order valence-corrected chi connectivity index (χ3v) is 4.36. The zero-order valence-electron chi connectivity index (χ0n) is 9.20. The van der Waals surface area contributed by atoms with Crippen LogP contribution in [-0.2, 0) is 0 Å². The van der Waals surface area contributed by atoms with Crippen molar-refractivity contribution in [2.45, 2.75) is 20.0 Å². The van der Waals surface area contributed by atoms with Crippen molar-refractivity contribution in [3.8, 4) is 0 Å². The molecule has 1 nitrogen and oxygen atoms in total. The van der Waals surface area contributed by atoms with E-state index >= 15 is 0 Å². The Morgan fingerprint density at radius 1 is 1.25 bits per heavy atom. The minimum absolute atomic E-state index is 0.532. The van der Waals surface area contributed by atoms with Crippen molar-refractivity contribution >= 4 is 27.3 Å². The molecule has 0 aliphatic carbocycles. The fraction of sp³-hybridized carbons (Fsp3) is 0.231. The average Bonchev–Trinajstić information content (AvgIpc) is 2.63. The molecule has 0 aliphatic rings. The van der Waals surface area contributed by atoms with Crippen LogP contribution in [0.2, 0.25) is 0 Å². The molecule has 1 heterocycles. The summed E-state index contributed by atoms with van der Waals surface area (Å²) in [5, 5.41) is 12.3. The van der Waals surface area contributed by atoms with Crippen LogP contribution >= 0.6 is 27.3 Å². The number of hydrogen-bond donors (Lipinski definition) is 1. The van der Waals surface area contributed by atoms with Gasteiger partial charge in [0.05, 0.1) is 0 Å². The highest BCUT2D eigenvalue weighted by molar-refractivity contribution is 9.10. The van der Waals surface area contributed by atoms with Gasteiger partial charge in [-0.2, -0.15) is 0 Å². The van der Waals surface area contributed by atoms with Gasteiger partial charge in [0, 0.05) is 9.35 Å². The predicted octanol–water partition coefficient (Wildman–Crippen LogP) is 4.21. The third kappa shape index (κ3) is 2.21. The molecular weight excluding hydrogens is 284 g/mol. The first kappa shape index (κ1) is 11.8. The van der Waals surface area contributed by atoms with Crippen LogP contribution in [-0.4, -0.2) is 5.11 Å². The summed E-state index contributed by atoms with van der Waals surface area (Å²) in [5.41, 5.74) is 3.26. The Morgan fingerprint density at radius 3 is 2.56 bits per heavy atom. The van der Waals surface area contributed by atoms with Crippen LogP contribution in [0.1, 0.15) is 27.7 Å². The van der Waals surface area contributed by atoms with Crippen molar-refractivity contribution < 1.29 is 5.11 Å². The Bertz CT molecular complexity index is 504. The zero-order chi connectivity index (χ0) is 11.7. The molecular formula is C13H13BrOS. The highest BCUT2D eigenvalue weighted by Gasteiger charge is 2.16. The van der Waals surface area contributed by atoms with E-state index in [1.807, 2.05) is 43.5 Å². The van der Waals surface area contributed by atoms with Gasteiger partial charge in [-0.05, 0) is 48.1 Å². The van der Waals surface area contributed by atoms with Crippen molar-refractivity contribution in [2.24, 2.45) is 0 Å². The topological polar surface area (TPSA) is 20.2 Å². The maximum absolute atomic E-state index is 10.3. The first-order valence-electron chi connectivity index (χ1n) is 5.07. The van der Waals surface area contributed by atoms with E-state index in [2.05, 4.69) is 15.9 Å². The fourth-order valence-electron chi connectivity index (χ4n) is 1.66. The molecule has 0 saturated heterocycles. The van der Waals surface area contributed by atoms with Crippen molar-refractivity contribution in [1.29, 1.82) is 0 Å². The predicted molar refractivity (Wildman–Crippen MR) is 72.0 cm³/mol. The number of rotatable bonds is 2. The van der Waals surface area contributed by atoms with Crippen LogP contribution < -0.4 is 0 Å². The Labute approximate surface area is 108 Å². The lowest BCUT2D eigenvalue weighted by molar-refractivity contribution is 0.222. The lowest BCUT2D eigenvalue weighted by atomic mass is 10.0. The van der Waals surface area contributed by atoms with Crippen LogP contribution in [0.4, 0.5) is 0 Å². The van der Waals surface area contributed by atoms with Crippen LogP contribution in [0.15, 0.2) is 34.1 Å². The first-order valence-corrected chi connectivity index (χ1v) is 6.75. The van der Waals surface area contributed by atoms with E-state index in [0.29, 0.717) is 0 Å². The van der Waals surface area contributed by atoms with Gasteiger partial charge in [0.1, 0.15) is 6.10 Å². The van der Waals surface area contributed by atoms with Gasteiger partial charge >= 0.3 is 0 Å². The molecule has 0 bridgehead atoms. The van der Waals surface area contributed by atoms with E-state index in [1.54, 1.807) is 11.3 Å². The molecule has 1 unspecified atom stereocenters. The summed E-state index contributed by atoms with van der Waals surface area (Å²) in [5.74, 6) is 0. The van der Waals surface area contributed by atoms with Crippen LogP contribution in [0.5, 0.6) is 0 Å². The SMILES string of the molecule is Cc1ccc(C(O)c2sccc2C)c(Br)c1. The van der Waals surface area contributed by atoms with Gasteiger partial charge in [-0.25, -0.2) is 0 Å². The molecule has 16 heavy (non-hydrogen) atoms. The van der Waals surface area contributed by atoms with Gasteiger partial charge in [-0.3, -0.25) is 0 Å². The maximum atomic E-state index is 10.3. The molecule has 0 aliphatic heterocycles. The standard InChI is InChI=1S/C13H13BrOS/c1-8-3-4-10(11(14)7-8)12(15)13-9(2)5-6-16-13/h3-7,12,15H,1-2H3. The Kier molecular flexibility index (Phi) is 3.47. The molecule has 0 amide bonds. The summed E-state index contributed by atoms with van der Waals surface area (Å²) in [7, 11) is 0. The number of aryl methyl sites for hydroxylation is 2. The van der Waals surface area contributed by atoms with E-state index in [4.69, 9.17) is 0 Å². The zero-order valence-corrected chi connectivity index (χ0v) is 11.6. The maximum Gasteiger partial charge on any atom is 0.115 e. The second kappa shape index (κ2) is 4.70. The molecule has 2 rings (SSSR count). The first-order chi connectivity index (χ1) is 7.59. The largest absolute Gasteiger partial charge is 0.383 e. The molecule has 1 N–H and O–H groups in total. The van der Waals surface area contributed by atoms with Gasteiger partial charge in [-0.1, -0.05) is 28.1 Å². The number of aliphatic hydroxyl groups excluding tert-OH is 1. The molecule has 1 aromatic carbocycles. The van der Waals surface area contributed by atoms with Crippen molar-refractivity contribution in [3.05, 3.63) is 55.7 Å². The van der Waals surface area contributed by atoms with Gasteiger partial charge in [0.25, 0.3) is 0 Å². The molecule has 0 radical (unpaired) electrons. The molecule has 3 heteroatoms. The van der Waals surface area contributed by atoms with Gasteiger partial charge in [0.2, 0.25) is 0 Å². The minimum atomic E-state index is -0.532. The molecule has 0 fully saturated rings. The Morgan fingerprint density at radius 2 is 2.00 bits per heavy atom. The van der Waals surface area contributed by atoms with Crippen molar-refractivity contribution in [2.75, 3.05) is 0 Å². The van der Waals surface area contributed by atoms with Crippen LogP contribution in [0.3, 0.4) is 0 Å². The molecule has 0 saturated carbocycles. The second-order valence-corrected chi connectivity index (χ2v) is 5.70. The summed E-state index contributed by atoms with van der Waals surface area (Å²) >= 11 is 5.10. The average molecular weight is 297 g/mol. The number of hydrogen-bond acceptors (Lipinski definition) is 2. The number of aliphatic hydroxyl groups is 1. The molecule has 0 spiro atoms. The number of benzene rings is 1. The monoisotopic (exact) mass is 296 g/mol. The Balaban J connectivity index is 2.41. The molecule has 2 aromatic rings. The second-order valence-electron chi connectivity index (χ2n) is 3.90. The smallest absolute Gasteiger partial charge is 0.115 e. The third-order valence-electron chi connectivity index (χ3n) is 2.60. The van der Waals surface area contributed by atoms with Gasteiger partial charge < -0.3 is 5.11 Å². The fourth-order valence-corrected chi connectivity index (χ4v) is 3.30. The van der Waals surface area contributed by atoms with Gasteiger partial charge in [0.15, 0.2) is 0 Å². The summed E-state index contributed by atoms with van der Waals surface area (Å²) in [6, 6.07) is 8.06. The quantitative estimate of drug-likeness (QED) is 0.880. The molecule has 84 valence electrons. The summed E-state index contributed by atoms with van der Waals surface area (Å²) in [6.07, 6.45) is -0.532. The van der Waals surface area contributed by atoms with E-state index in [9.17, 15) is 5.11 Å². The van der Waals surface area contributed by atoms with E-state index in [0.717, 1.165) is 20.5 Å². The van der Waals surface area contributed by atoms with Crippen LogP contribution in [0.25, 0.3) is 0 Å². The normalized spacial score (nSPS) is 12.8. The highest BCUT2D eigenvalue weighted by atomic mass is 79.9. The van der Waals surface area contributed by atoms with E-state index in [-0.39, 0.29) is 0 Å². The minimum Gasteiger partial charge on any atom is -0.383 e. The van der Waals surface area contributed by atoms with E-state index < -0.39 is 6.10 Å². The van der Waals surface area contributed by atoms with Crippen LogP contribution in [0, 0.1) is 13.8 Å². The van der Waals surface area contributed by atoms with Gasteiger partial charge in [-0.15, -0.1) is 11.3 Å². The molecule has 1 atom stereocenters. The summed E-state index contributed by atoms with van der Waals surface area (Å²) < 4.78 is 0.966. The lowest BCUT2D eigenvalue weighted by Crippen LogP contribution is -2.00. The Hall–Kier alpha value is -0.640. The van der Waals surface area contributed by atoms with Crippen molar-refractivity contribution in [1.82, 2.24) is 0 Å². The van der Waals surface area contributed by atoms with Crippen molar-refractivity contribution in [3.63, 3.8) is 0 Å². The van der Waals surface area contributed by atoms with E-state index in [1.165, 1.54) is 5.56 Å². The lowest BCUT2D eigenvalue weighted by Gasteiger charge is -2.13.